The number of amides is 1. The van der Waals surface area contributed by atoms with Crippen molar-refractivity contribution < 1.29 is 17.9 Å². The first kappa shape index (κ1) is 25.3. The number of hydrogen-bond acceptors (Lipinski definition) is 6. The van der Waals surface area contributed by atoms with Gasteiger partial charge in [0.2, 0.25) is 10.0 Å². The number of ether oxygens (including phenoxy) is 1. The van der Waals surface area contributed by atoms with Crippen LogP contribution in [0, 0.1) is 13.8 Å². The Kier molecular flexibility index (Phi) is 7.44. The molecule has 0 spiro atoms. The van der Waals surface area contributed by atoms with E-state index in [1.54, 1.807) is 33.5 Å². The fourth-order valence-electron chi connectivity index (χ4n) is 5.08. The van der Waals surface area contributed by atoms with Crippen molar-refractivity contribution in [2.45, 2.75) is 63.4 Å². The molecule has 1 unspecified atom stereocenters. The molecule has 36 heavy (non-hydrogen) atoms. The number of thiazole rings is 1. The van der Waals surface area contributed by atoms with Crippen molar-refractivity contribution in [1.82, 2.24) is 9.29 Å². The van der Waals surface area contributed by atoms with Crippen LogP contribution in [0.25, 0.3) is 10.2 Å². The van der Waals surface area contributed by atoms with Gasteiger partial charge < -0.3 is 4.74 Å². The molecular weight excluding hydrogens is 494 g/mol. The Bertz CT molecular complexity index is 1340. The van der Waals surface area contributed by atoms with Gasteiger partial charge >= 0.3 is 0 Å². The Balaban J connectivity index is 1.44. The summed E-state index contributed by atoms with van der Waals surface area (Å²) in [5.41, 5.74) is 3.60. The van der Waals surface area contributed by atoms with Crippen molar-refractivity contribution in [3.05, 3.63) is 53.1 Å². The molecule has 2 aliphatic rings. The molecule has 2 aromatic carbocycles. The lowest BCUT2D eigenvalue weighted by Crippen LogP contribution is -2.37. The summed E-state index contributed by atoms with van der Waals surface area (Å²) in [4.78, 5) is 20.5. The molecule has 1 aromatic heterocycles. The molecule has 0 N–H and O–H groups in total. The molecule has 3 heterocycles. The minimum absolute atomic E-state index is 0.0357. The van der Waals surface area contributed by atoms with Crippen LogP contribution < -0.4 is 4.90 Å². The number of hydrogen-bond donors (Lipinski definition) is 0. The van der Waals surface area contributed by atoms with Crippen LogP contribution in [-0.4, -0.2) is 56.0 Å². The average Bonchev–Trinajstić information content (AvgIpc) is 3.44. The Hall–Kier alpha value is -2.33. The maximum atomic E-state index is 13.7. The van der Waals surface area contributed by atoms with Crippen molar-refractivity contribution >= 4 is 42.6 Å². The number of fused-ring (bicyclic) bond motifs is 1. The molecule has 7 nitrogen and oxygen atoms in total. The minimum atomic E-state index is -3.57. The Morgan fingerprint density at radius 1 is 1.08 bits per heavy atom. The molecule has 0 saturated carbocycles. The van der Waals surface area contributed by atoms with Crippen molar-refractivity contribution in [3.8, 4) is 0 Å². The van der Waals surface area contributed by atoms with Gasteiger partial charge in [0.1, 0.15) is 0 Å². The van der Waals surface area contributed by atoms with E-state index in [-0.39, 0.29) is 16.9 Å². The number of rotatable bonds is 6. The van der Waals surface area contributed by atoms with Crippen LogP contribution >= 0.6 is 11.3 Å². The van der Waals surface area contributed by atoms with Gasteiger partial charge in [-0.1, -0.05) is 30.2 Å². The molecule has 192 valence electrons. The van der Waals surface area contributed by atoms with Crippen LogP contribution in [0.4, 0.5) is 5.13 Å². The first-order chi connectivity index (χ1) is 17.3. The second-order valence-corrected chi connectivity index (χ2v) is 12.7. The number of aryl methyl sites for hydroxylation is 2. The van der Waals surface area contributed by atoms with Gasteiger partial charge in [-0.3, -0.25) is 9.69 Å². The predicted octanol–water partition coefficient (Wildman–Crippen LogP) is 5.30. The summed E-state index contributed by atoms with van der Waals surface area (Å²) in [6.45, 7) is 6.33. The SMILES string of the molecule is Cc1cc(C)c2sc(N(CC3CCCO3)C(=O)c3ccc(S(=O)(=O)N4CCCCCC4)cc3)nc2c1. The average molecular weight is 528 g/mol. The Labute approximate surface area is 217 Å². The van der Waals surface area contributed by atoms with E-state index >= 15 is 0 Å². The van der Waals surface area contributed by atoms with Crippen molar-refractivity contribution in [1.29, 1.82) is 0 Å². The van der Waals surface area contributed by atoms with Crippen LogP contribution in [0.5, 0.6) is 0 Å². The molecule has 9 heteroatoms. The molecule has 2 fully saturated rings. The normalized spacial score (nSPS) is 19.4. The Morgan fingerprint density at radius 3 is 2.47 bits per heavy atom. The zero-order valence-electron chi connectivity index (χ0n) is 20.9. The van der Waals surface area contributed by atoms with Gasteiger partial charge in [-0.05, 0) is 81.0 Å². The van der Waals surface area contributed by atoms with Crippen LogP contribution in [0.1, 0.15) is 60.0 Å². The summed E-state index contributed by atoms with van der Waals surface area (Å²) in [6.07, 6.45) is 5.74. The smallest absolute Gasteiger partial charge is 0.260 e. The van der Waals surface area contributed by atoms with Crippen molar-refractivity contribution in [2.24, 2.45) is 0 Å². The van der Waals surface area contributed by atoms with Gasteiger partial charge in [0.15, 0.2) is 5.13 Å². The van der Waals surface area contributed by atoms with E-state index in [0.29, 0.717) is 36.9 Å². The number of carbonyl (C=O) groups is 1. The lowest BCUT2D eigenvalue weighted by molar-refractivity contribution is 0.0917. The third-order valence-corrected chi connectivity index (χ3v) is 10.1. The topological polar surface area (TPSA) is 79.8 Å². The van der Waals surface area contributed by atoms with Crippen LogP contribution in [0.3, 0.4) is 0 Å². The molecule has 0 bridgehead atoms. The van der Waals surface area contributed by atoms with Gasteiger partial charge in [-0.25, -0.2) is 13.4 Å². The largest absolute Gasteiger partial charge is 0.376 e. The van der Waals surface area contributed by atoms with Crippen LogP contribution in [0.15, 0.2) is 41.3 Å². The lowest BCUT2D eigenvalue weighted by atomic mass is 10.1. The maximum Gasteiger partial charge on any atom is 0.260 e. The molecule has 1 atom stereocenters. The maximum absolute atomic E-state index is 13.7. The summed E-state index contributed by atoms with van der Waals surface area (Å²) in [7, 11) is -3.57. The van der Waals surface area contributed by atoms with Crippen molar-refractivity contribution in [3.63, 3.8) is 0 Å². The number of benzene rings is 2. The highest BCUT2D eigenvalue weighted by molar-refractivity contribution is 7.89. The highest BCUT2D eigenvalue weighted by Gasteiger charge is 2.29. The first-order valence-electron chi connectivity index (χ1n) is 12.7. The van der Waals surface area contributed by atoms with E-state index < -0.39 is 10.0 Å². The number of sulfonamides is 1. The minimum Gasteiger partial charge on any atom is -0.376 e. The summed E-state index contributed by atoms with van der Waals surface area (Å²) >= 11 is 1.51. The van der Waals surface area contributed by atoms with Crippen molar-refractivity contribution in [2.75, 3.05) is 31.1 Å². The molecule has 2 aliphatic heterocycles. The molecule has 5 rings (SSSR count). The fraction of sp³-hybridized carbons (Fsp3) is 0.481. The number of carbonyl (C=O) groups excluding carboxylic acids is 1. The second kappa shape index (κ2) is 10.6. The molecule has 0 aliphatic carbocycles. The fourth-order valence-corrected chi connectivity index (χ4v) is 7.62. The molecule has 3 aromatic rings. The Morgan fingerprint density at radius 2 is 1.81 bits per heavy atom. The quantitative estimate of drug-likeness (QED) is 0.434. The predicted molar refractivity (Wildman–Crippen MR) is 143 cm³/mol. The third-order valence-electron chi connectivity index (χ3n) is 7.00. The summed E-state index contributed by atoms with van der Waals surface area (Å²) in [6, 6.07) is 10.5. The first-order valence-corrected chi connectivity index (χ1v) is 15.0. The zero-order chi connectivity index (χ0) is 25.3. The van der Waals surface area contributed by atoms with Gasteiger partial charge in [-0.15, -0.1) is 0 Å². The summed E-state index contributed by atoms with van der Waals surface area (Å²) in [5, 5.41) is 0.639. The van der Waals surface area contributed by atoms with Crippen LogP contribution in [-0.2, 0) is 14.8 Å². The second-order valence-electron chi connectivity index (χ2n) is 9.82. The lowest BCUT2D eigenvalue weighted by Gasteiger charge is -2.23. The van der Waals surface area contributed by atoms with Gasteiger partial charge in [0.05, 0.1) is 27.8 Å². The monoisotopic (exact) mass is 527 g/mol. The van der Waals surface area contributed by atoms with Gasteiger partial charge in [0.25, 0.3) is 5.91 Å². The van der Waals surface area contributed by atoms with E-state index in [2.05, 4.69) is 13.0 Å². The standard InChI is InChI=1S/C27H33N3O4S2/c1-19-16-20(2)25-24(17-19)28-27(35-25)30(18-22-8-7-15-34-22)26(31)21-9-11-23(12-10-21)36(32,33)29-13-5-3-4-6-14-29/h9-12,16-17,22H,3-8,13-15,18H2,1-2H3. The van der Waals surface area contributed by atoms with E-state index in [0.717, 1.165) is 59.9 Å². The van der Waals surface area contributed by atoms with E-state index in [9.17, 15) is 13.2 Å². The van der Waals surface area contributed by atoms with Gasteiger partial charge in [-0.2, -0.15) is 4.31 Å². The number of anilines is 1. The third kappa shape index (κ3) is 5.20. The van der Waals surface area contributed by atoms with E-state index in [4.69, 9.17) is 9.72 Å². The molecule has 2 saturated heterocycles. The van der Waals surface area contributed by atoms with Crippen LogP contribution in [0.2, 0.25) is 0 Å². The van der Waals surface area contributed by atoms with E-state index in [1.165, 1.54) is 11.3 Å². The molecule has 0 radical (unpaired) electrons. The number of aromatic nitrogens is 1. The van der Waals surface area contributed by atoms with E-state index in [1.807, 2.05) is 13.0 Å². The molecular formula is C27H33N3O4S2. The summed E-state index contributed by atoms with van der Waals surface area (Å²) < 4.78 is 34.8. The van der Waals surface area contributed by atoms with Gasteiger partial charge in [0, 0.05) is 25.3 Å². The molecule has 1 amide bonds. The summed E-state index contributed by atoms with van der Waals surface area (Å²) in [5.74, 6) is -0.197. The highest BCUT2D eigenvalue weighted by atomic mass is 32.2. The zero-order valence-corrected chi connectivity index (χ0v) is 22.5. The highest BCUT2D eigenvalue weighted by Crippen LogP contribution is 2.34. The number of nitrogens with zero attached hydrogens (tertiary/aromatic N) is 3.